The summed E-state index contributed by atoms with van der Waals surface area (Å²) in [6.45, 7) is -0.258. The van der Waals surface area contributed by atoms with E-state index < -0.39 is 17.3 Å². The molecule has 1 heterocycles. The minimum atomic E-state index is -0.716. The molecular weight excluding hydrogens is 378 g/mol. The number of nitrogens with zero attached hydrogens (tertiary/aromatic N) is 3. The van der Waals surface area contributed by atoms with Gasteiger partial charge in [-0.1, -0.05) is 18.2 Å². The molecule has 4 rings (SSSR count). The molecule has 1 aromatic heterocycles. The van der Waals surface area contributed by atoms with Crippen LogP contribution in [-0.4, -0.2) is 14.3 Å². The van der Waals surface area contributed by atoms with Gasteiger partial charge < -0.3 is 10.5 Å². The Morgan fingerprint density at radius 2 is 1.62 bits per heavy atom. The van der Waals surface area contributed by atoms with Gasteiger partial charge >= 0.3 is 5.69 Å². The highest BCUT2D eigenvalue weighted by molar-refractivity contribution is 5.53. The molecule has 0 aliphatic rings. The van der Waals surface area contributed by atoms with Gasteiger partial charge in [0.15, 0.2) is 0 Å². The monoisotopic (exact) mass is 394 g/mol. The van der Waals surface area contributed by atoms with Gasteiger partial charge in [-0.3, -0.25) is 4.57 Å². The van der Waals surface area contributed by atoms with Gasteiger partial charge in [0, 0.05) is 5.56 Å². The number of anilines is 1. The molecule has 0 amide bonds. The van der Waals surface area contributed by atoms with E-state index in [-0.39, 0.29) is 12.1 Å². The fraction of sp³-hybridized carbons (Fsp3) is 0.0476. The van der Waals surface area contributed by atoms with Crippen LogP contribution in [0.15, 0.2) is 77.9 Å². The molecule has 0 saturated heterocycles. The van der Waals surface area contributed by atoms with Crippen LogP contribution in [0.2, 0.25) is 0 Å². The number of hydrogen-bond acceptors (Lipinski definition) is 4. The highest BCUT2D eigenvalue weighted by atomic mass is 19.1. The Labute approximate surface area is 164 Å². The molecule has 146 valence electrons. The van der Waals surface area contributed by atoms with Crippen molar-refractivity contribution < 1.29 is 13.5 Å². The fourth-order valence-electron chi connectivity index (χ4n) is 2.83. The third-order valence-corrected chi connectivity index (χ3v) is 4.35. The zero-order chi connectivity index (χ0) is 20.4. The van der Waals surface area contributed by atoms with Gasteiger partial charge in [0.1, 0.15) is 29.5 Å². The van der Waals surface area contributed by atoms with Crippen molar-refractivity contribution in [1.82, 2.24) is 14.3 Å². The van der Waals surface area contributed by atoms with E-state index in [4.69, 9.17) is 10.5 Å². The summed E-state index contributed by atoms with van der Waals surface area (Å²) in [4.78, 5) is 12.6. The van der Waals surface area contributed by atoms with Crippen LogP contribution in [0.3, 0.4) is 0 Å². The fourth-order valence-corrected chi connectivity index (χ4v) is 2.83. The van der Waals surface area contributed by atoms with Crippen molar-refractivity contribution in [1.29, 1.82) is 0 Å². The van der Waals surface area contributed by atoms with Gasteiger partial charge in [0.2, 0.25) is 0 Å². The number of nitrogens with two attached hydrogens (primary N) is 1. The van der Waals surface area contributed by atoms with Crippen molar-refractivity contribution in [3.05, 3.63) is 101 Å². The molecular formula is C21H16F2N4O2. The van der Waals surface area contributed by atoms with E-state index in [1.807, 2.05) is 6.07 Å². The number of rotatable bonds is 5. The van der Waals surface area contributed by atoms with Crippen molar-refractivity contribution in [3.8, 4) is 17.2 Å². The first-order valence-corrected chi connectivity index (χ1v) is 8.73. The molecule has 0 aliphatic carbocycles. The first kappa shape index (κ1) is 18.4. The van der Waals surface area contributed by atoms with Gasteiger partial charge in [-0.05, 0) is 48.5 Å². The van der Waals surface area contributed by atoms with Crippen LogP contribution in [0, 0.1) is 11.6 Å². The maximum atomic E-state index is 13.8. The Morgan fingerprint density at radius 3 is 2.31 bits per heavy atom. The quantitative estimate of drug-likeness (QED) is 0.524. The zero-order valence-corrected chi connectivity index (χ0v) is 15.1. The van der Waals surface area contributed by atoms with Gasteiger partial charge in [-0.2, -0.15) is 9.78 Å². The summed E-state index contributed by atoms with van der Waals surface area (Å²) in [6.07, 6.45) is 1.24. The van der Waals surface area contributed by atoms with Crippen LogP contribution in [0.5, 0.6) is 11.5 Å². The van der Waals surface area contributed by atoms with Gasteiger partial charge in [0.05, 0.1) is 17.9 Å². The lowest BCUT2D eigenvalue weighted by Gasteiger charge is -2.08. The van der Waals surface area contributed by atoms with Gasteiger partial charge in [-0.15, -0.1) is 0 Å². The molecule has 0 unspecified atom stereocenters. The summed E-state index contributed by atoms with van der Waals surface area (Å²) >= 11 is 0. The summed E-state index contributed by atoms with van der Waals surface area (Å²) < 4.78 is 35.7. The smallest absolute Gasteiger partial charge is 0.350 e. The maximum Gasteiger partial charge on any atom is 0.350 e. The van der Waals surface area contributed by atoms with E-state index in [0.717, 1.165) is 21.4 Å². The van der Waals surface area contributed by atoms with Crippen LogP contribution in [-0.2, 0) is 6.54 Å². The second kappa shape index (κ2) is 7.59. The van der Waals surface area contributed by atoms with Crippen LogP contribution in [0.4, 0.5) is 14.5 Å². The molecule has 2 N–H and O–H groups in total. The number of nitrogen functional groups attached to an aromatic ring is 1. The van der Waals surface area contributed by atoms with Crippen molar-refractivity contribution in [3.63, 3.8) is 0 Å². The van der Waals surface area contributed by atoms with Crippen LogP contribution in [0.1, 0.15) is 5.56 Å². The average molecular weight is 394 g/mol. The molecule has 0 bridgehead atoms. The zero-order valence-electron chi connectivity index (χ0n) is 15.1. The minimum absolute atomic E-state index is 0.196. The van der Waals surface area contributed by atoms with Crippen LogP contribution in [0.25, 0.3) is 5.69 Å². The Kier molecular flexibility index (Phi) is 4.82. The highest BCUT2D eigenvalue weighted by Crippen LogP contribution is 2.27. The number of halogens is 2. The average Bonchev–Trinajstić information content (AvgIpc) is 3.07. The Hall–Kier alpha value is -3.94. The first-order chi connectivity index (χ1) is 14.0. The van der Waals surface area contributed by atoms with Gasteiger partial charge in [0.25, 0.3) is 0 Å². The Balaban J connectivity index is 1.57. The minimum Gasteiger partial charge on any atom is -0.455 e. The van der Waals surface area contributed by atoms with Crippen molar-refractivity contribution >= 4 is 5.69 Å². The molecule has 29 heavy (non-hydrogen) atoms. The van der Waals surface area contributed by atoms with Crippen molar-refractivity contribution in [2.45, 2.75) is 6.54 Å². The predicted molar refractivity (Wildman–Crippen MR) is 104 cm³/mol. The molecule has 6 nitrogen and oxygen atoms in total. The van der Waals surface area contributed by atoms with Crippen LogP contribution < -0.4 is 16.2 Å². The molecule has 0 aliphatic heterocycles. The largest absolute Gasteiger partial charge is 0.455 e. The number of hydrogen-bond donors (Lipinski definition) is 1. The third kappa shape index (κ3) is 3.73. The van der Waals surface area contributed by atoms with Crippen molar-refractivity contribution in [2.24, 2.45) is 0 Å². The lowest BCUT2D eigenvalue weighted by atomic mass is 10.2. The number of para-hydroxylation sites is 2. The Morgan fingerprint density at radius 1 is 0.931 bits per heavy atom. The highest BCUT2D eigenvalue weighted by Gasteiger charge is 2.13. The molecule has 3 aromatic carbocycles. The number of benzene rings is 3. The van der Waals surface area contributed by atoms with E-state index in [1.54, 1.807) is 42.5 Å². The lowest BCUT2D eigenvalue weighted by molar-refractivity contribution is 0.485. The first-order valence-electron chi connectivity index (χ1n) is 8.73. The molecule has 0 atom stereocenters. The number of ether oxygens (including phenoxy) is 1. The second-order valence-corrected chi connectivity index (χ2v) is 6.29. The lowest BCUT2D eigenvalue weighted by Crippen LogP contribution is -2.24. The van der Waals surface area contributed by atoms with E-state index in [0.29, 0.717) is 22.9 Å². The maximum absolute atomic E-state index is 13.8. The molecule has 0 radical (unpaired) electrons. The summed E-state index contributed by atoms with van der Waals surface area (Å²) in [5, 5.41) is 4.03. The summed E-state index contributed by atoms with van der Waals surface area (Å²) in [7, 11) is 0. The van der Waals surface area contributed by atoms with Gasteiger partial charge in [-0.25, -0.2) is 13.6 Å². The normalized spacial score (nSPS) is 10.8. The summed E-state index contributed by atoms with van der Waals surface area (Å²) in [6, 6.07) is 17.3. The van der Waals surface area contributed by atoms with E-state index in [2.05, 4.69) is 5.10 Å². The summed E-state index contributed by atoms with van der Waals surface area (Å²) in [5.41, 5.74) is 6.13. The standard InChI is InChI=1S/C21H16F2N4O2/c22-17-4-3-5-18(23)16(17)12-26-13-25-27(21(26)28)14-8-10-15(11-9-14)29-20-7-2-1-6-19(20)24/h1-11,13H,12,24H2. The van der Waals surface area contributed by atoms with E-state index in [9.17, 15) is 13.6 Å². The topological polar surface area (TPSA) is 75.1 Å². The molecule has 0 spiro atoms. The molecule has 8 heteroatoms. The number of aromatic nitrogens is 3. The van der Waals surface area contributed by atoms with Crippen molar-refractivity contribution in [2.75, 3.05) is 5.73 Å². The van der Waals surface area contributed by atoms with E-state index in [1.165, 1.54) is 12.4 Å². The Bertz CT molecular complexity index is 1200. The third-order valence-electron chi connectivity index (χ3n) is 4.35. The van der Waals surface area contributed by atoms with E-state index >= 15 is 0 Å². The molecule has 0 fully saturated rings. The van der Waals surface area contributed by atoms with Crippen LogP contribution >= 0.6 is 0 Å². The molecule has 4 aromatic rings. The molecule has 0 saturated carbocycles. The second-order valence-electron chi connectivity index (χ2n) is 6.29. The summed E-state index contributed by atoms with van der Waals surface area (Å²) in [5.74, 6) is -0.376. The predicted octanol–water partition coefficient (Wildman–Crippen LogP) is 3.74. The SMILES string of the molecule is Nc1ccccc1Oc1ccc(-n2ncn(Cc3c(F)cccc3F)c2=O)cc1.